The molecule has 0 spiro atoms. The van der Waals surface area contributed by atoms with Gasteiger partial charge in [-0.2, -0.15) is 0 Å². The summed E-state index contributed by atoms with van der Waals surface area (Å²) in [6.07, 6.45) is 0. The first-order valence-corrected chi connectivity index (χ1v) is 6.82. The van der Waals surface area contributed by atoms with Crippen molar-refractivity contribution in [2.75, 3.05) is 12.3 Å². The van der Waals surface area contributed by atoms with Gasteiger partial charge >= 0.3 is 0 Å². The second-order valence-electron chi connectivity index (χ2n) is 3.31. The molecule has 3 nitrogen and oxygen atoms in total. The molecule has 1 amide bonds. The third-order valence-corrected chi connectivity index (χ3v) is 4.61. The molecule has 1 aliphatic rings. The van der Waals surface area contributed by atoms with Gasteiger partial charge in [0.15, 0.2) is 0 Å². The molecule has 0 saturated carbocycles. The standard InChI is InChI=1S/C11H12N2OS2/c12-10(14)9(8-4-2-1-3-5-8)16-11-13-6-7-15-11/h1-5,9H,6-7H2,(H2,12,14)/t9-/m0/s1. The molecule has 1 aliphatic heterocycles. The van der Waals surface area contributed by atoms with Gasteiger partial charge in [0.25, 0.3) is 0 Å². The van der Waals surface area contributed by atoms with Crippen LogP contribution in [0.4, 0.5) is 0 Å². The molecule has 1 heterocycles. The lowest BCUT2D eigenvalue weighted by Crippen LogP contribution is -2.19. The SMILES string of the molecule is NC(=O)[C@@H](SC1=NCCS1)c1ccccc1. The first-order chi connectivity index (χ1) is 7.77. The Morgan fingerprint density at radius 1 is 1.44 bits per heavy atom. The van der Waals surface area contributed by atoms with E-state index in [0.29, 0.717) is 0 Å². The van der Waals surface area contributed by atoms with Crippen LogP contribution in [-0.4, -0.2) is 22.6 Å². The number of aliphatic imine (C=N–C) groups is 1. The van der Waals surface area contributed by atoms with Gasteiger partial charge in [-0.05, 0) is 5.56 Å². The number of benzene rings is 1. The first-order valence-electron chi connectivity index (χ1n) is 4.95. The molecule has 0 saturated heterocycles. The number of nitrogens with zero attached hydrogens (tertiary/aromatic N) is 1. The maximum absolute atomic E-state index is 11.4. The van der Waals surface area contributed by atoms with E-state index in [-0.39, 0.29) is 11.2 Å². The molecule has 0 bridgehead atoms. The maximum Gasteiger partial charge on any atom is 0.235 e. The number of carbonyl (C=O) groups excluding carboxylic acids is 1. The van der Waals surface area contributed by atoms with Crippen LogP contribution in [0.2, 0.25) is 0 Å². The van der Waals surface area contributed by atoms with Crippen LogP contribution < -0.4 is 5.73 Å². The third kappa shape index (κ3) is 2.80. The molecule has 0 aromatic heterocycles. The first kappa shape index (κ1) is 11.5. The highest BCUT2D eigenvalue weighted by Gasteiger charge is 2.22. The van der Waals surface area contributed by atoms with Crippen LogP contribution in [0.15, 0.2) is 35.3 Å². The van der Waals surface area contributed by atoms with Crippen molar-refractivity contribution in [1.29, 1.82) is 0 Å². The Labute approximate surface area is 103 Å². The summed E-state index contributed by atoms with van der Waals surface area (Å²) in [5.41, 5.74) is 6.36. The topological polar surface area (TPSA) is 55.5 Å². The quantitative estimate of drug-likeness (QED) is 0.895. The van der Waals surface area contributed by atoms with E-state index in [1.165, 1.54) is 11.8 Å². The summed E-state index contributed by atoms with van der Waals surface area (Å²) in [4.78, 5) is 15.7. The van der Waals surface area contributed by atoms with Crippen molar-refractivity contribution >= 4 is 33.8 Å². The van der Waals surface area contributed by atoms with Crippen LogP contribution in [-0.2, 0) is 4.79 Å². The largest absolute Gasteiger partial charge is 0.368 e. The summed E-state index contributed by atoms with van der Waals surface area (Å²) < 4.78 is 0.965. The highest BCUT2D eigenvalue weighted by Crippen LogP contribution is 2.35. The van der Waals surface area contributed by atoms with Crippen molar-refractivity contribution in [3.05, 3.63) is 35.9 Å². The van der Waals surface area contributed by atoms with Gasteiger partial charge in [-0.15, -0.1) is 0 Å². The van der Waals surface area contributed by atoms with E-state index in [2.05, 4.69) is 4.99 Å². The number of rotatable bonds is 3. The molecular formula is C11H12N2OS2. The predicted octanol–water partition coefficient (Wildman–Crippen LogP) is 2.05. The number of amides is 1. The molecule has 2 N–H and O–H groups in total. The summed E-state index contributed by atoms with van der Waals surface area (Å²) >= 11 is 3.14. The van der Waals surface area contributed by atoms with Crippen LogP contribution in [0.5, 0.6) is 0 Å². The van der Waals surface area contributed by atoms with Crippen molar-refractivity contribution in [3.8, 4) is 0 Å². The molecular weight excluding hydrogens is 240 g/mol. The molecule has 0 fully saturated rings. The Kier molecular flexibility index (Phi) is 3.90. The fourth-order valence-electron chi connectivity index (χ4n) is 1.41. The Bertz CT molecular complexity index is 406. The van der Waals surface area contributed by atoms with E-state index < -0.39 is 0 Å². The predicted molar refractivity (Wildman–Crippen MR) is 70.7 cm³/mol. The van der Waals surface area contributed by atoms with Crippen molar-refractivity contribution < 1.29 is 4.79 Å². The number of primary amides is 1. The minimum absolute atomic E-state index is 0.314. The molecule has 0 unspecified atom stereocenters. The molecule has 84 valence electrons. The van der Waals surface area contributed by atoms with Crippen LogP contribution in [0.3, 0.4) is 0 Å². The van der Waals surface area contributed by atoms with E-state index in [0.717, 1.165) is 22.2 Å². The molecule has 1 atom stereocenters. The second-order valence-corrected chi connectivity index (χ2v) is 5.74. The lowest BCUT2D eigenvalue weighted by molar-refractivity contribution is -0.117. The Morgan fingerprint density at radius 3 is 2.75 bits per heavy atom. The van der Waals surface area contributed by atoms with Crippen LogP contribution in [0.1, 0.15) is 10.8 Å². The molecule has 2 rings (SSSR count). The highest BCUT2D eigenvalue weighted by molar-refractivity contribution is 8.39. The van der Waals surface area contributed by atoms with Gasteiger partial charge in [0.05, 0.1) is 6.54 Å². The van der Waals surface area contributed by atoms with Gasteiger partial charge in [-0.3, -0.25) is 9.79 Å². The van der Waals surface area contributed by atoms with Gasteiger partial charge in [0.2, 0.25) is 5.91 Å². The molecule has 0 radical (unpaired) electrons. The average molecular weight is 252 g/mol. The number of carbonyl (C=O) groups is 1. The lowest BCUT2D eigenvalue weighted by Gasteiger charge is -2.12. The van der Waals surface area contributed by atoms with Crippen molar-refractivity contribution in [2.24, 2.45) is 10.7 Å². The van der Waals surface area contributed by atoms with Gasteiger partial charge < -0.3 is 5.73 Å². The zero-order chi connectivity index (χ0) is 11.4. The van der Waals surface area contributed by atoms with Crippen LogP contribution in [0, 0.1) is 0 Å². The van der Waals surface area contributed by atoms with Crippen LogP contribution >= 0.6 is 23.5 Å². The second kappa shape index (κ2) is 5.41. The van der Waals surface area contributed by atoms with E-state index in [1.54, 1.807) is 11.8 Å². The van der Waals surface area contributed by atoms with Crippen molar-refractivity contribution in [3.63, 3.8) is 0 Å². The van der Waals surface area contributed by atoms with E-state index >= 15 is 0 Å². The zero-order valence-electron chi connectivity index (χ0n) is 8.63. The smallest absolute Gasteiger partial charge is 0.235 e. The van der Waals surface area contributed by atoms with Gasteiger partial charge in [-0.25, -0.2) is 0 Å². The average Bonchev–Trinajstić information content (AvgIpc) is 2.79. The Morgan fingerprint density at radius 2 is 2.19 bits per heavy atom. The molecule has 16 heavy (non-hydrogen) atoms. The van der Waals surface area contributed by atoms with E-state index in [1.807, 2.05) is 30.3 Å². The number of hydrogen-bond donors (Lipinski definition) is 1. The summed E-state index contributed by atoms with van der Waals surface area (Å²) in [7, 11) is 0. The normalized spacial score (nSPS) is 16.9. The maximum atomic E-state index is 11.4. The van der Waals surface area contributed by atoms with Crippen molar-refractivity contribution in [2.45, 2.75) is 5.25 Å². The van der Waals surface area contributed by atoms with Gasteiger partial charge in [-0.1, -0.05) is 53.9 Å². The summed E-state index contributed by atoms with van der Waals surface area (Å²) in [6, 6.07) is 9.59. The summed E-state index contributed by atoms with van der Waals surface area (Å²) in [5.74, 6) is 0.689. The summed E-state index contributed by atoms with van der Waals surface area (Å²) in [6.45, 7) is 0.841. The zero-order valence-corrected chi connectivity index (χ0v) is 10.3. The number of hydrogen-bond acceptors (Lipinski definition) is 4. The third-order valence-electron chi connectivity index (χ3n) is 2.14. The van der Waals surface area contributed by atoms with E-state index in [9.17, 15) is 4.79 Å². The Hall–Kier alpha value is -0.940. The minimum atomic E-state index is -0.328. The molecule has 0 aliphatic carbocycles. The van der Waals surface area contributed by atoms with E-state index in [4.69, 9.17) is 5.73 Å². The molecule has 1 aromatic rings. The van der Waals surface area contributed by atoms with Crippen molar-refractivity contribution in [1.82, 2.24) is 0 Å². The minimum Gasteiger partial charge on any atom is -0.368 e. The Balaban J connectivity index is 2.14. The fraction of sp³-hybridized carbons (Fsp3) is 0.273. The molecule has 1 aromatic carbocycles. The number of nitrogens with two attached hydrogens (primary N) is 1. The highest BCUT2D eigenvalue weighted by atomic mass is 32.2. The van der Waals surface area contributed by atoms with Crippen LogP contribution in [0.25, 0.3) is 0 Å². The fourth-order valence-corrected chi connectivity index (χ4v) is 3.53. The lowest BCUT2D eigenvalue weighted by atomic mass is 10.1. The monoisotopic (exact) mass is 252 g/mol. The summed E-state index contributed by atoms with van der Waals surface area (Å²) in [5, 5.41) is -0.328. The number of thioether (sulfide) groups is 2. The van der Waals surface area contributed by atoms with Gasteiger partial charge in [0.1, 0.15) is 9.63 Å². The van der Waals surface area contributed by atoms with Gasteiger partial charge in [0, 0.05) is 5.75 Å². The molecule has 5 heteroatoms.